The Balaban J connectivity index is 2.19. The highest BCUT2D eigenvalue weighted by molar-refractivity contribution is 5.56. The van der Waals surface area contributed by atoms with Crippen molar-refractivity contribution >= 4 is 11.4 Å². The molecule has 2 rings (SSSR count). The van der Waals surface area contributed by atoms with Crippen molar-refractivity contribution in [2.24, 2.45) is 0 Å². The summed E-state index contributed by atoms with van der Waals surface area (Å²) in [7, 11) is 1.80. The number of rotatable bonds is 2. The van der Waals surface area contributed by atoms with Crippen LogP contribution in [0.3, 0.4) is 0 Å². The molecule has 82 valence electrons. The molecule has 0 aliphatic carbocycles. The van der Waals surface area contributed by atoms with Crippen molar-refractivity contribution in [2.45, 2.75) is 19.3 Å². The summed E-state index contributed by atoms with van der Waals surface area (Å²) < 4.78 is 13.7. The number of nitrogens with zero attached hydrogens (tertiary/aromatic N) is 1. The third kappa shape index (κ3) is 2.22. The van der Waals surface area contributed by atoms with Crippen LogP contribution >= 0.6 is 0 Å². The van der Waals surface area contributed by atoms with Crippen LogP contribution in [0.25, 0.3) is 0 Å². The summed E-state index contributed by atoms with van der Waals surface area (Å²) in [5.74, 6) is -0.122. The average molecular weight is 208 g/mol. The van der Waals surface area contributed by atoms with Crippen LogP contribution < -0.4 is 10.2 Å². The Labute approximate surface area is 90.1 Å². The second-order valence-corrected chi connectivity index (χ2v) is 3.96. The van der Waals surface area contributed by atoms with E-state index in [4.69, 9.17) is 0 Å². The van der Waals surface area contributed by atoms with Gasteiger partial charge in [0.1, 0.15) is 5.82 Å². The fourth-order valence-corrected chi connectivity index (χ4v) is 2.05. The molecule has 1 aromatic rings. The van der Waals surface area contributed by atoms with E-state index < -0.39 is 0 Å². The first kappa shape index (κ1) is 10.3. The smallest absolute Gasteiger partial charge is 0.148 e. The van der Waals surface area contributed by atoms with Crippen molar-refractivity contribution in [1.82, 2.24) is 0 Å². The Morgan fingerprint density at radius 1 is 1.20 bits per heavy atom. The molecule has 1 aromatic carbocycles. The highest BCUT2D eigenvalue weighted by Crippen LogP contribution is 2.25. The van der Waals surface area contributed by atoms with Gasteiger partial charge in [0, 0.05) is 25.8 Å². The zero-order valence-corrected chi connectivity index (χ0v) is 9.09. The van der Waals surface area contributed by atoms with E-state index in [1.165, 1.54) is 19.3 Å². The van der Waals surface area contributed by atoms with Crippen LogP contribution in [0.4, 0.5) is 15.8 Å². The van der Waals surface area contributed by atoms with Crippen molar-refractivity contribution in [3.63, 3.8) is 0 Å². The number of hydrogen-bond donors (Lipinski definition) is 1. The summed E-state index contributed by atoms with van der Waals surface area (Å²) in [6.07, 6.45) is 3.62. The molecule has 1 saturated heterocycles. The van der Waals surface area contributed by atoms with E-state index in [1.54, 1.807) is 13.1 Å². The quantitative estimate of drug-likeness (QED) is 0.804. The van der Waals surface area contributed by atoms with Crippen LogP contribution in [0.1, 0.15) is 19.3 Å². The van der Waals surface area contributed by atoms with E-state index in [-0.39, 0.29) is 5.82 Å². The number of hydrogen-bond acceptors (Lipinski definition) is 2. The van der Waals surface area contributed by atoms with E-state index in [9.17, 15) is 4.39 Å². The number of piperidine rings is 1. The van der Waals surface area contributed by atoms with E-state index in [1.807, 2.05) is 12.1 Å². The number of halogens is 1. The summed E-state index contributed by atoms with van der Waals surface area (Å²) in [6.45, 7) is 1.96. The fraction of sp³-hybridized carbons (Fsp3) is 0.500. The molecule has 0 radical (unpaired) electrons. The van der Waals surface area contributed by atoms with Crippen LogP contribution in [0.5, 0.6) is 0 Å². The van der Waals surface area contributed by atoms with Gasteiger partial charge in [-0.05, 0) is 37.5 Å². The van der Waals surface area contributed by atoms with Gasteiger partial charge in [0.2, 0.25) is 0 Å². The lowest BCUT2D eigenvalue weighted by atomic mass is 10.1. The minimum Gasteiger partial charge on any atom is -0.388 e. The molecule has 2 nitrogen and oxygen atoms in total. The molecule has 1 aliphatic rings. The van der Waals surface area contributed by atoms with Gasteiger partial charge in [-0.25, -0.2) is 4.39 Å². The van der Waals surface area contributed by atoms with Gasteiger partial charge in [-0.1, -0.05) is 0 Å². The van der Waals surface area contributed by atoms with Crippen LogP contribution in [0, 0.1) is 5.82 Å². The second-order valence-electron chi connectivity index (χ2n) is 3.96. The summed E-state index contributed by atoms with van der Waals surface area (Å²) in [6, 6.07) is 5.35. The van der Waals surface area contributed by atoms with Gasteiger partial charge in [-0.15, -0.1) is 0 Å². The first-order valence-corrected chi connectivity index (χ1v) is 5.53. The maximum Gasteiger partial charge on any atom is 0.148 e. The molecule has 0 unspecified atom stereocenters. The highest BCUT2D eigenvalue weighted by Gasteiger charge is 2.14. The Bertz CT molecular complexity index is 332. The highest BCUT2D eigenvalue weighted by atomic mass is 19.1. The van der Waals surface area contributed by atoms with E-state index >= 15 is 0 Å². The molecule has 0 aromatic heterocycles. The largest absolute Gasteiger partial charge is 0.388 e. The number of benzene rings is 1. The minimum atomic E-state index is -0.122. The Hall–Kier alpha value is -1.25. The first-order valence-electron chi connectivity index (χ1n) is 5.53. The van der Waals surface area contributed by atoms with Crippen molar-refractivity contribution in [2.75, 3.05) is 30.4 Å². The third-order valence-corrected chi connectivity index (χ3v) is 2.93. The van der Waals surface area contributed by atoms with Gasteiger partial charge in [0.05, 0.1) is 5.69 Å². The average Bonchev–Trinajstić information content (AvgIpc) is 2.30. The summed E-state index contributed by atoms with van der Waals surface area (Å²) in [5.41, 5.74) is 1.57. The summed E-state index contributed by atoms with van der Waals surface area (Å²) in [5, 5.41) is 2.94. The van der Waals surface area contributed by atoms with Crippen molar-refractivity contribution < 1.29 is 4.39 Å². The minimum absolute atomic E-state index is 0.122. The predicted octanol–water partition coefficient (Wildman–Crippen LogP) is 2.86. The zero-order chi connectivity index (χ0) is 10.7. The molecule has 1 heterocycles. The summed E-state index contributed by atoms with van der Waals surface area (Å²) >= 11 is 0. The maximum absolute atomic E-state index is 13.7. The molecule has 1 N–H and O–H groups in total. The van der Waals surface area contributed by atoms with Gasteiger partial charge in [-0.3, -0.25) is 0 Å². The van der Waals surface area contributed by atoms with Crippen molar-refractivity contribution in [3.8, 4) is 0 Å². The number of anilines is 2. The molecule has 1 aliphatic heterocycles. The molecule has 0 saturated carbocycles. The van der Waals surface area contributed by atoms with Crippen LogP contribution in [-0.4, -0.2) is 20.1 Å². The third-order valence-electron chi connectivity index (χ3n) is 2.93. The first-order chi connectivity index (χ1) is 7.31. The van der Waals surface area contributed by atoms with Crippen LogP contribution in [0.15, 0.2) is 18.2 Å². The molecule has 0 atom stereocenters. The molecule has 15 heavy (non-hydrogen) atoms. The Morgan fingerprint density at radius 3 is 2.53 bits per heavy atom. The SMILES string of the molecule is CNc1ccc(N2CCCCC2)c(F)c1. The normalized spacial score (nSPS) is 16.5. The van der Waals surface area contributed by atoms with E-state index in [0.717, 1.165) is 24.5 Å². The molecule has 1 fully saturated rings. The molecule has 0 spiro atoms. The lowest BCUT2D eigenvalue weighted by Crippen LogP contribution is -2.30. The van der Waals surface area contributed by atoms with E-state index in [2.05, 4.69) is 10.2 Å². The summed E-state index contributed by atoms with van der Waals surface area (Å²) in [4.78, 5) is 2.14. The maximum atomic E-state index is 13.7. The van der Waals surface area contributed by atoms with Crippen molar-refractivity contribution in [1.29, 1.82) is 0 Å². The zero-order valence-electron chi connectivity index (χ0n) is 9.09. The monoisotopic (exact) mass is 208 g/mol. The van der Waals surface area contributed by atoms with Gasteiger partial charge in [0.25, 0.3) is 0 Å². The van der Waals surface area contributed by atoms with Crippen LogP contribution in [-0.2, 0) is 0 Å². The van der Waals surface area contributed by atoms with Gasteiger partial charge in [-0.2, -0.15) is 0 Å². The predicted molar refractivity (Wildman–Crippen MR) is 62.0 cm³/mol. The standard InChI is InChI=1S/C12H17FN2/c1-14-10-5-6-12(11(13)9-10)15-7-3-2-4-8-15/h5-6,9,14H,2-4,7-8H2,1H3. The lowest BCUT2D eigenvalue weighted by molar-refractivity contribution is 0.557. The molecule has 0 amide bonds. The van der Waals surface area contributed by atoms with Gasteiger partial charge in [0.15, 0.2) is 0 Å². The fourth-order valence-electron chi connectivity index (χ4n) is 2.05. The van der Waals surface area contributed by atoms with Crippen LogP contribution in [0.2, 0.25) is 0 Å². The Kier molecular flexibility index (Phi) is 3.09. The van der Waals surface area contributed by atoms with Gasteiger partial charge < -0.3 is 10.2 Å². The number of nitrogens with one attached hydrogen (secondary N) is 1. The van der Waals surface area contributed by atoms with E-state index in [0.29, 0.717) is 0 Å². The topological polar surface area (TPSA) is 15.3 Å². The molecular formula is C12H17FN2. The van der Waals surface area contributed by atoms with Crippen molar-refractivity contribution in [3.05, 3.63) is 24.0 Å². The Morgan fingerprint density at radius 2 is 1.93 bits per heavy atom. The molecule has 3 heteroatoms. The molecule has 0 bridgehead atoms. The second kappa shape index (κ2) is 4.51. The van der Waals surface area contributed by atoms with Gasteiger partial charge >= 0.3 is 0 Å². The lowest BCUT2D eigenvalue weighted by Gasteiger charge is -2.29. The molecular weight excluding hydrogens is 191 g/mol.